The van der Waals surface area contributed by atoms with E-state index >= 15 is 0 Å². The summed E-state index contributed by atoms with van der Waals surface area (Å²) in [6.45, 7) is -0.421. The monoisotopic (exact) mass is 328 g/mol. The Morgan fingerprint density at radius 2 is 1.83 bits per heavy atom. The van der Waals surface area contributed by atoms with Crippen LogP contribution < -0.4 is 0 Å². The minimum absolute atomic E-state index is 0.200. The zero-order valence-corrected chi connectivity index (χ0v) is 10.7. The predicted octanol–water partition coefficient (Wildman–Crippen LogP) is 2.24. The Morgan fingerprint density at radius 3 is 2.33 bits per heavy atom. The third kappa shape index (κ3) is 3.68. The topological polar surface area (TPSA) is 60.7 Å². The van der Waals surface area contributed by atoms with Crippen molar-refractivity contribution in [2.45, 2.75) is 24.8 Å². The number of aliphatic hydroxyl groups is 3. The number of rotatable bonds is 4. The van der Waals surface area contributed by atoms with Crippen molar-refractivity contribution < 1.29 is 28.5 Å². The van der Waals surface area contributed by atoms with Gasteiger partial charge >= 0.3 is 6.18 Å². The minimum Gasteiger partial charge on any atom is -0.396 e. The summed E-state index contributed by atoms with van der Waals surface area (Å²) in [7, 11) is 0. The van der Waals surface area contributed by atoms with Gasteiger partial charge in [-0.15, -0.1) is 0 Å². The largest absolute Gasteiger partial charge is 0.416 e. The van der Waals surface area contributed by atoms with Crippen LogP contribution in [0.3, 0.4) is 0 Å². The molecule has 0 bridgehead atoms. The third-order valence-corrected chi connectivity index (χ3v) is 2.92. The van der Waals surface area contributed by atoms with E-state index in [1.807, 2.05) is 0 Å². The van der Waals surface area contributed by atoms with Gasteiger partial charge in [0.15, 0.2) is 0 Å². The highest BCUT2D eigenvalue weighted by atomic mass is 79.9. The molecule has 0 fully saturated rings. The van der Waals surface area contributed by atoms with Crippen molar-refractivity contribution in [2.75, 3.05) is 6.61 Å². The van der Waals surface area contributed by atoms with Crippen LogP contribution in [0.4, 0.5) is 13.2 Å². The molecule has 0 heterocycles. The second-order valence-electron chi connectivity index (χ2n) is 3.75. The summed E-state index contributed by atoms with van der Waals surface area (Å²) in [5.41, 5.74) is -1.42. The maximum atomic E-state index is 12.8. The van der Waals surface area contributed by atoms with Gasteiger partial charge < -0.3 is 15.3 Å². The SMILES string of the molecule is OCCC(O)C(O)c1ccc(Br)cc1C(F)(F)F. The predicted molar refractivity (Wildman–Crippen MR) is 61.8 cm³/mol. The van der Waals surface area contributed by atoms with Gasteiger partial charge in [-0.3, -0.25) is 0 Å². The molecule has 2 unspecified atom stereocenters. The van der Waals surface area contributed by atoms with Gasteiger partial charge in [-0.1, -0.05) is 22.0 Å². The van der Waals surface area contributed by atoms with Crippen molar-refractivity contribution in [3.63, 3.8) is 0 Å². The molecule has 1 aromatic rings. The van der Waals surface area contributed by atoms with Crippen LogP contribution in [-0.4, -0.2) is 28.0 Å². The first-order valence-corrected chi connectivity index (χ1v) is 5.90. The molecule has 1 rings (SSSR count). The molecule has 0 saturated carbocycles. The highest BCUT2D eigenvalue weighted by Gasteiger charge is 2.36. The molecule has 0 aliphatic rings. The fourth-order valence-electron chi connectivity index (χ4n) is 1.53. The van der Waals surface area contributed by atoms with Crippen LogP contribution in [0.1, 0.15) is 23.7 Å². The summed E-state index contributed by atoms with van der Waals surface area (Å²) in [5.74, 6) is 0. The van der Waals surface area contributed by atoms with E-state index < -0.39 is 36.1 Å². The van der Waals surface area contributed by atoms with Gasteiger partial charge in [-0.25, -0.2) is 0 Å². The molecule has 102 valence electrons. The van der Waals surface area contributed by atoms with Gasteiger partial charge in [0.05, 0.1) is 11.7 Å². The molecular formula is C11H12BrF3O3. The number of hydrogen-bond donors (Lipinski definition) is 3. The summed E-state index contributed by atoms with van der Waals surface area (Å²) < 4.78 is 38.5. The lowest BCUT2D eigenvalue weighted by Gasteiger charge is -2.21. The molecule has 1 aromatic carbocycles. The molecule has 0 aliphatic heterocycles. The summed E-state index contributed by atoms with van der Waals surface area (Å²) in [4.78, 5) is 0. The van der Waals surface area contributed by atoms with Crippen LogP contribution in [-0.2, 0) is 6.18 Å². The molecule has 0 radical (unpaired) electrons. The van der Waals surface area contributed by atoms with E-state index in [0.29, 0.717) is 0 Å². The maximum Gasteiger partial charge on any atom is 0.416 e. The number of alkyl halides is 3. The van der Waals surface area contributed by atoms with Gasteiger partial charge in [0, 0.05) is 11.1 Å². The lowest BCUT2D eigenvalue weighted by Crippen LogP contribution is -2.22. The van der Waals surface area contributed by atoms with Crippen LogP contribution in [0.25, 0.3) is 0 Å². The van der Waals surface area contributed by atoms with Crippen LogP contribution in [0.5, 0.6) is 0 Å². The first-order chi connectivity index (χ1) is 8.27. The first kappa shape index (κ1) is 15.4. The first-order valence-electron chi connectivity index (χ1n) is 5.11. The average molecular weight is 329 g/mol. The van der Waals surface area contributed by atoms with E-state index in [0.717, 1.165) is 12.1 Å². The van der Waals surface area contributed by atoms with E-state index in [2.05, 4.69) is 15.9 Å². The van der Waals surface area contributed by atoms with E-state index in [1.54, 1.807) is 0 Å². The highest BCUT2D eigenvalue weighted by molar-refractivity contribution is 9.10. The van der Waals surface area contributed by atoms with Gasteiger partial charge in [0.1, 0.15) is 6.10 Å². The molecule has 0 spiro atoms. The number of hydrogen-bond acceptors (Lipinski definition) is 3. The zero-order chi connectivity index (χ0) is 13.9. The molecular weight excluding hydrogens is 317 g/mol. The lowest BCUT2D eigenvalue weighted by atomic mass is 9.97. The molecule has 2 atom stereocenters. The van der Waals surface area contributed by atoms with Gasteiger partial charge in [-0.2, -0.15) is 13.2 Å². The van der Waals surface area contributed by atoms with Crippen LogP contribution in [0.2, 0.25) is 0 Å². The Kier molecular flexibility index (Phi) is 5.15. The second kappa shape index (κ2) is 6.01. The Bertz CT molecular complexity index is 409. The third-order valence-electron chi connectivity index (χ3n) is 2.43. The van der Waals surface area contributed by atoms with E-state index in [1.165, 1.54) is 6.07 Å². The van der Waals surface area contributed by atoms with Crippen LogP contribution >= 0.6 is 15.9 Å². The van der Waals surface area contributed by atoms with E-state index in [9.17, 15) is 23.4 Å². The summed E-state index contributed by atoms with van der Waals surface area (Å²) in [5, 5.41) is 27.7. The van der Waals surface area contributed by atoms with Gasteiger partial charge in [0.2, 0.25) is 0 Å². The van der Waals surface area contributed by atoms with Crippen molar-refractivity contribution in [2.24, 2.45) is 0 Å². The van der Waals surface area contributed by atoms with Crippen LogP contribution in [0, 0.1) is 0 Å². The molecule has 0 aromatic heterocycles. The molecule has 0 amide bonds. The Balaban J connectivity index is 3.15. The summed E-state index contributed by atoms with van der Waals surface area (Å²) in [6, 6.07) is 3.28. The quantitative estimate of drug-likeness (QED) is 0.794. The number of halogens is 4. The molecule has 3 N–H and O–H groups in total. The molecule has 3 nitrogen and oxygen atoms in total. The Labute approximate surface area is 110 Å². The molecule has 0 aliphatic carbocycles. The molecule has 18 heavy (non-hydrogen) atoms. The van der Waals surface area contributed by atoms with Crippen molar-refractivity contribution in [3.05, 3.63) is 33.8 Å². The van der Waals surface area contributed by atoms with E-state index in [4.69, 9.17) is 5.11 Å². The van der Waals surface area contributed by atoms with Crippen molar-refractivity contribution in [3.8, 4) is 0 Å². The normalized spacial score (nSPS) is 15.5. The number of benzene rings is 1. The fourth-order valence-corrected chi connectivity index (χ4v) is 1.89. The highest BCUT2D eigenvalue weighted by Crippen LogP contribution is 2.37. The van der Waals surface area contributed by atoms with Gasteiger partial charge in [0.25, 0.3) is 0 Å². The van der Waals surface area contributed by atoms with Crippen LogP contribution in [0.15, 0.2) is 22.7 Å². The Morgan fingerprint density at radius 1 is 1.22 bits per heavy atom. The standard InChI is InChI=1S/C11H12BrF3O3/c12-6-1-2-7(8(5-6)11(13,14)15)10(18)9(17)3-4-16/h1-2,5,9-10,16-18H,3-4H2. The smallest absolute Gasteiger partial charge is 0.396 e. The lowest BCUT2D eigenvalue weighted by molar-refractivity contribution is -0.140. The fraction of sp³-hybridized carbons (Fsp3) is 0.455. The molecule has 0 saturated heterocycles. The number of aliphatic hydroxyl groups excluding tert-OH is 3. The Hall–Kier alpha value is -0.630. The summed E-state index contributed by atoms with van der Waals surface area (Å²) in [6.07, 6.45) is -7.97. The molecule has 7 heteroatoms. The van der Waals surface area contributed by atoms with Gasteiger partial charge in [-0.05, 0) is 24.1 Å². The minimum atomic E-state index is -4.63. The maximum absolute atomic E-state index is 12.8. The van der Waals surface area contributed by atoms with E-state index in [-0.39, 0.29) is 10.9 Å². The zero-order valence-electron chi connectivity index (χ0n) is 9.15. The van der Waals surface area contributed by atoms with Crippen molar-refractivity contribution in [1.82, 2.24) is 0 Å². The van der Waals surface area contributed by atoms with Crippen molar-refractivity contribution >= 4 is 15.9 Å². The van der Waals surface area contributed by atoms with Crippen molar-refractivity contribution in [1.29, 1.82) is 0 Å². The second-order valence-corrected chi connectivity index (χ2v) is 4.67. The summed E-state index contributed by atoms with van der Waals surface area (Å²) >= 11 is 2.92. The average Bonchev–Trinajstić information content (AvgIpc) is 2.27.